The fourth-order valence-electron chi connectivity index (χ4n) is 1.19. The number of nitrogens with two attached hydrogens (primary N) is 1. The van der Waals surface area contributed by atoms with Crippen LogP contribution in [0.5, 0.6) is 0 Å². The van der Waals surface area contributed by atoms with Crippen molar-refractivity contribution in [2.24, 2.45) is 5.73 Å². The molecule has 1 aromatic rings. The Hall–Kier alpha value is -0.890. The van der Waals surface area contributed by atoms with E-state index in [9.17, 15) is 0 Å². The Kier molecular flexibility index (Phi) is 3.04. The maximum absolute atomic E-state index is 5.89. The van der Waals surface area contributed by atoms with Gasteiger partial charge in [-0.2, -0.15) is 0 Å². The van der Waals surface area contributed by atoms with E-state index in [0.717, 1.165) is 18.5 Å². The summed E-state index contributed by atoms with van der Waals surface area (Å²) in [6, 6.07) is 4.13. The number of nitrogens with zero attached hydrogens (tertiary/aromatic N) is 1. The molecule has 13 heavy (non-hydrogen) atoms. The average molecular weight is 178 g/mol. The molecule has 0 radical (unpaired) electrons. The summed E-state index contributed by atoms with van der Waals surface area (Å²) < 4.78 is 0. The minimum Gasteiger partial charge on any atom is -0.326 e. The summed E-state index contributed by atoms with van der Waals surface area (Å²) >= 11 is 0. The van der Waals surface area contributed by atoms with Crippen LogP contribution in [0.1, 0.15) is 31.5 Å². The molecule has 0 amide bonds. The monoisotopic (exact) mass is 178 g/mol. The van der Waals surface area contributed by atoms with Gasteiger partial charge in [-0.15, -0.1) is 0 Å². The van der Waals surface area contributed by atoms with E-state index in [4.69, 9.17) is 5.73 Å². The van der Waals surface area contributed by atoms with Crippen molar-refractivity contribution in [2.45, 2.75) is 39.2 Å². The molecule has 0 aliphatic rings. The molecule has 0 aromatic carbocycles. The SMILES string of the molecule is Cc1ccnc(CCC(C)(C)N)c1. The summed E-state index contributed by atoms with van der Waals surface area (Å²) in [5.74, 6) is 0. The van der Waals surface area contributed by atoms with Crippen molar-refractivity contribution in [2.75, 3.05) is 0 Å². The van der Waals surface area contributed by atoms with Crippen LogP contribution in [0.2, 0.25) is 0 Å². The summed E-state index contributed by atoms with van der Waals surface area (Å²) in [4.78, 5) is 4.29. The molecule has 2 N–H and O–H groups in total. The Labute approximate surface area is 80.2 Å². The van der Waals surface area contributed by atoms with Gasteiger partial charge in [0.05, 0.1) is 0 Å². The Morgan fingerprint density at radius 3 is 2.69 bits per heavy atom. The third kappa shape index (κ3) is 4.04. The molecule has 2 heteroatoms. The lowest BCUT2D eigenvalue weighted by molar-refractivity contribution is 0.474. The van der Waals surface area contributed by atoms with E-state index in [2.05, 4.69) is 18.0 Å². The van der Waals surface area contributed by atoms with Gasteiger partial charge in [0, 0.05) is 17.4 Å². The first-order valence-corrected chi connectivity index (χ1v) is 4.68. The molecule has 2 nitrogen and oxygen atoms in total. The second-order valence-electron chi connectivity index (χ2n) is 4.31. The van der Waals surface area contributed by atoms with Crippen LogP contribution in [0.15, 0.2) is 18.3 Å². The highest BCUT2D eigenvalue weighted by Crippen LogP contribution is 2.09. The molecule has 1 rings (SSSR count). The largest absolute Gasteiger partial charge is 0.326 e. The molecule has 0 saturated heterocycles. The standard InChI is InChI=1S/C11H18N2/c1-9-5-7-13-10(8-9)4-6-11(2,3)12/h5,7-8H,4,6,12H2,1-3H3. The number of aryl methyl sites for hydroxylation is 2. The van der Waals surface area contributed by atoms with Crippen LogP contribution in [0, 0.1) is 6.92 Å². The van der Waals surface area contributed by atoms with Crippen molar-refractivity contribution in [3.05, 3.63) is 29.6 Å². The van der Waals surface area contributed by atoms with Crippen molar-refractivity contribution in [3.8, 4) is 0 Å². The predicted octanol–water partition coefficient (Wildman–Crippen LogP) is 2.06. The van der Waals surface area contributed by atoms with Gasteiger partial charge in [0.25, 0.3) is 0 Å². The predicted molar refractivity (Wildman–Crippen MR) is 55.6 cm³/mol. The van der Waals surface area contributed by atoms with E-state index >= 15 is 0 Å². The van der Waals surface area contributed by atoms with Crippen LogP contribution in [0.25, 0.3) is 0 Å². The summed E-state index contributed by atoms with van der Waals surface area (Å²) in [5, 5.41) is 0. The first kappa shape index (κ1) is 10.2. The number of pyridine rings is 1. The van der Waals surface area contributed by atoms with Crippen LogP contribution in [-0.2, 0) is 6.42 Å². The molecule has 0 fully saturated rings. The van der Waals surface area contributed by atoms with Gasteiger partial charge in [-0.05, 0) is 51.3 Å². The Morgan fingerprint density at radius 2 is 2.15 bits per heavy atom. The van der Waals surface area contributed by atoms with Crippen LogP contribution >= 0.6 is 0 Å². The van der Waals surface area contributed by atoms with Crippen molar-refractivity contribution in [1.82, 2.24) is 4.98 Å². The molecule has 0 spiro atoms. The third-order valence-electron chi connectivity index (χ3n) is 2.00. The molecule has 1 aromatic heterocycles. The van der Waals surface area contributed by atoms with Crippen LogP contribution in [0.3, 0.4) is 0 Å². The maximum atomic E-state index is 5.89. The Bertz CT molecular complexity index is 274. The van der Waals surface area contributed by atoms with Gasteiger partial charge in [0.2, 0.25) is 0 Å². The first-order chi connectivity index (χ1) is 5.97. The van der Waals surface area contributed by atoms with Gasteiger partial charge in [0.15, 0.2) is 0 Å². The molecule has 1 heterocycles. The van der Waals surface area contributed by atoms with E-state index in [1.165, 1.54) is 5.56 Å². The fourth-order valence-corrected chi connectivity index (χ4v) is 1.19. The van der Waals surface area contributed by atoms with E-state index in [1.807, 2.05) is 26.1 Å². The molecular formula is C11H18N2. The quantitative estimate of drug-likeness (QED) is 0.769. The topological polar surface area (TPSA) is 38.9 Å². The van der Waals surface area contributed by atoms with Gasteiger partial charge in [-0.25, -0.2) is 0 Å². The van der Waals surface area contributed by atoms with Gasteiger partial charge in [0.1, 0.15) is 0 Å². The molecule has 0 atom stereocenters. The van der Waals surface area contributed by atoms with Crippen LogP contribution < -0.4 is 5.73 Å². The van der Waals surface area contributed by atoms with Crippen LogP contribution in [-0.4, -0.2) is 10.5 Å². The molecular weight excluding hydrogens is 160 g/mol. The minimum absolute atomic E-state index is 0.0918. The highest BCUT2D eigenvalue weighted by atomic mass is 14.7. The Balaban J connectivity index is 2.55. The molecule has 0 saturated carbocycles. The summed E-state index contributed by atoms with van der Waals surface area (Å²) in [5.41, 5.74) is 8.20. The van der Waals surface area contributed by atoms with Crippen molar-refractivity contribution in [1.29, 1.82) is 0 Å². The third-order valence-corrected chi connectivity index (χ3v) is 2.00. The van der Waals surface area contributed by atoms with E-state index in [0.29, 0.717) is 0 Å². The smallest absolute Gasteiger partial charge is 0.0406 e. The zero-order valence-corrected chi connectivity index (χ0v) is 8.67. The molecule has 0 aliphatic carbocycles. The van der Waals surface area contributed by atoms with Gasteiger partial charge in [-0.1, -0.05) is 0 Å². The number of hydrogen-bond donors (Lipinski definition) is 1. The molecule has 72 valence electrons. The molecule has 0 aliphatic heterocycles. The summed E-state index contributed by atoms with van der Waals surface area (Å²) in [7, 11) is 0. The minimum atomic E-state index is -0.0918. The highest BCUT2D eigenvalue weighted by molar-refractivity contribution is 5.14. The zero-order valence-electron chi connectivity index (χ0n) is 8.67. The van der Waals surface area contributed by atoms with Crippen molar-refractivity contribution in [3.63, 3.8) is 0 Å². The van der Waals surface area contributed by atoms with Gasteiger partial charge >= 0.3 is 0 Å². The lowest BCUT2D eigenvalue weighted by Crippen LogP contribution is -2.32. The molecule has 0 unspecified atom stereocenters. The fraction of sp³-hybridized carbons (Fsp3) is 0.545. The zero-order chi connectivity index (χ0) is 9.90. The highest BCUT2D eigenvalue weighted by Gasteiger charge is 2.10. The lowest BCUT2D eigenvalue weighted by Gasteiger charge is -2.17. The van der Waals surface area contributed by atoms with E-state index < -0.39 is 0 Å². The normalized spacial score (nSPS) is 11.7. The number of rotatable bonds is 3. The van der Waals surface area contributed by atoms with E-state index in [-0.39, 0.29) is 5.54 Å². The number of hydrogen-bond acceptors (Lipinski definition) is 2. The Morgan fingerprint density at radius 1 is 1.46 bits per heavy atom. The molecule has 0 bridgehead atoms. The second kappa shape index (κ2) is 3.88. The lowest BCUT2D eigenvalue weighted by atomic mass is 9.98. The van der Waals surface area contributed by atoms with E-state index in [1.54, 1.807) is 0 Å². The van der Waals surface area contributed by atoms with Crippen molar-refractivity contribution < 1.29 is 0 Å². The van der Waals surface area contributed by atoms with Crippen molar-refractivity contribution >= 4 is 0 Å². The van der Waals surface area contributed by atoms with Gasteiger partial charge in [-0.3, -0.25) is 4.98 Å². The average Bonchev–Trinajstić information content (AvgIpc) is 2.00. The van der Waals surface area contributed by atoms with Crippen LogP contribution in [0.4, 0.5) is 0 Å². The summed E-state index contributed by atoms with van der Waals surface area (Å²) in [6.07, 6.45) is 3.79. The summed E-state index contributed by atoms with van der Waals surface area (Å²) in [6.45, 7) is 6.17. The van der Waals surface area contributed by atoms with Gasteiger partial charge < -0.3 is 5.73 Å². The number of aromatic nitrogens is 1. The first-order valence-electron chi connectivity index (χ1n) is 4.68. The maximum Gasteiger partial charge on any atom is 0.0406 e. The second-order valence-corrected chi connectivity index (χ2v) is 4.31.